The van der Waals surface area contributed by atoms with Gasteiger partial charge >= 0.3 is 0 Å². The number of halogens is 1. The molecule has 1 amide bonds. The second-order valence-electron chi connectivity index (χ2n) is 7.22. The highest BCUT2D eigenvalue weighted by atomic mass is 19.1. The Labute approximate surface area is 175 Å². The summed E-state index contributed by atoms with van der Waals surface area (Å²) < 4.78 is 13.8. The molecule has 0 spiro atoms. The van der Waals surface area contributed by atoms with E-state index in [4.69, 9.17) is 5.73 Å². The Balaban J connectivity index is 1.59. The molecule has 156 valence electrons. The van der Waals surface area contributed by atoms with E-state index in [1.165, 1.54) is 6.07 Å². The largest absolute Gasteiger partial charge is 0.391 e. The number of aromatic nitrogens is 1. The first kappa shape index (κ1) is 21.6. The summed E-state index contributed by atoms with van der Waals surface area (Å²) in [5.74, 6) is -0.597. The SMILES string of the molecule is NC(Cc1ccccc1F)C(O)Cc1ncccc1C(=O)NCCc1ccccc1. The number of nitrogens with one attached hydrogen (secondary N) is 1. The minimum atomic E-state index is -0.963. The molecule has 2 aromatic carbocycles. The van der Waals surface area contributed by atoms with Crippen LogP contribution in [0.15, 0.2) is 72.9 Å². The van der Waals surface area contributed by atoms with Crippen LogP contribution in [-0.4, -0.2) is 34.7 Å². The van der Waals surface area contributed by atoms with Gasteiger partial charge in [-0.2, -0.15) is 0 Å². The molecule has 4 N–H and O–H groups in total. The summed E-state index contributed by atoms with van der Waals surface area (Å²) in [5, 5.41) is 13.4. The zero-order chi connectivity index (χ0) is 21.3. The van der Waals surface area contributed by atoms with E-state index in [1.807, 2.05) is 30.3 Å². The van der Waals surface area contributed by atoms with Gasteiger partial charge in [-0.3, -0.25) is 9.78 Å². The first-order valence-electron chi connectivity index (χ1n) is 9.97. The number of aliphatic hydroxyl groups excluding tert-OH is 1. The molecule has 6 heteroatoms. The number of pyridine rings is 1. The monoisotopic (exact) mass is 407 g/mol. The lowest BCUT2D eigenvalue weighted by Gasteiger charge is -2.20. The van der Waals surface area contributed by atoms with Crippen molar-refractivity contribution in [3.8, 4) is 0 Å². The predicted molar refractivity (Wildman–Crippen MR) is 115 cm³/mol. The molecule has 0 aliphatic heterocycles. The van der Waals surface area contributed by atoms with Gasteiger partial charge in [-0.05, 0) is 42.2 Å². The molecule has 0 radical (unpaired) electrons. The van der Waals surface area contributed by atoms with Gasteiger partial charge in [0.25, 0.3) is 5.91 Å². The van der Waals surface area contributed by atoms with Gasteiger partial charge in [-0.25, -0.2) is 4.39 Å². The number of carbonyl (C=O) groups excluding carboxylic acids is 1. The van der Waals surface area contributed by atoms with Gasteiger partial charge in [0.05, 0.1) is 17.4 Å². The first-order chi connectivity index (χ1) is 14.5. The van der Waals surface area contributed by atoms with E-state index in [1.54, 1.807) is 36.5 Å². The van der Waals surface area contributed by atoms with Crippen LogP contribution in [0.5, 0.6) is 0 Å². The minimum Gasteiger partial charge on any atom is -0.391 e. The van der Waals surface area contributed by atoms with Gasteiger partial charge in [-0.15, -0.1) is 0 Å². The maximum atomic E-state index is 13.8. The molecule has 2 unspecified atom stereocenters. The molecule has 0 aliphatic carbocycles. The summed E-state index contributed by atoms with van der Waals surface area (Å²) >= 11 is 0. The minimum absolute atomic E-state index is 0.109. The molecule has 0 saturated heterocycles. The van der Waals surface area contributed by atoms with E-state index < -0.39 is 12.1 Å². The standard InChI is InChI=1S/C24H26FN3O2/c25-20-11-5-4-9-18(20)15-21(26)23(29)16-22-19(10-6-13-27-22)24(30)28-14-12-17-7-2-1-3-8-17/h1-11,13,21,23,29H,12,14-16,26H2,(H,28,30). The second kappa shape index (κ2) is 10.6. The third-order valence-electron chi connectivity index (χ3n) is 4.99. The quantitative estimate of drug-likeness (QED) is 0.509. The van der Waals surface area contributed by atoms with E-state index in [-0.39, 0.29) is 24.6 Å². The van der Waals surface area contributed by atoms with E-state index in [9.17, 15) is 14.3 Å². The van der Waals surface area contributed by atoms with Gasteiger partial charge in [0.2, 0.25) is 0 Å². The van der Waals surface area contributed by atoms with Crippen molar-refractivity contribution in [2.24, 2.45) is 5.73 Å². The van der Waals surface area contributed by atoms with Crippen molar-refractivity contribution in [2.45, 2.75) is 31.4 Å². The molecule has 0 aliphatic rings. The van der Waals surface area contributed by atoms with E-state index in [2.05, 4.69) is 10.3 Å². The fourth-order valence-corrected chi connectivity index (χ4v) is 3.27. The topological polar surface area (TPSA) is 88.2 Å². The average Bonchev–Trinajstić information content (AvgIpc) is 2.76. The van der Waals surface area contributed by atoms with Crippen LogP contribution in [-0.2, 0) is 19.3 Å². The van der Waals surface area contributed by atoms with Crippen LogP contribution in [0.4, 0.5) is 4.39 Å². The Morgan fingerprint density at radius 1 is 1.03 bits per heavy atom. The zero-order valence-electron chi connectivity index (χ0n) is 16.7. The fourth-order valence-electron chi connectivity index (χ4n) is 3.27. The first-order valence-corrected chi connectivity index (χ1v) is 9.97. The third kappa shape index (κ3) is 5.95. The third-order valence-corrected chi connectivity index (χ3v) is 4.99. The van der Waals surface area contributed by atoms with Gasteiger partial charge in [0, 0.05) is 25.2 Å². The predicted octanol–water partition coefficient (Wildman–Crippen LogP) is 2.67. The zero-order valence-corrected chi connectivity index (χ0v) is 16.7. The summed E-state index contributed by atoms with van der Waals surface area (Å²) in [5.41, 5.74) is 8.55. The lowest BCUT2D eigenvalue weighted by atomic mass is 9.97. The van der Waals surface area contributed by atoms with E-state index in [0.29, 0.717) is 23.4 Å². The van der Waals surface area contributed by atoms with E-state index >= 15 is 0 Å². The summed E-state index contributed by atoms with van der Waals surface area (Å²) in [6.45, 7) is 0.493. The van der Waals surface area contributed by atoms with Crippen molar-refractivity contribution >= 4 is 5.91 Å². The molecule has 1 heterocycles. The fraction of sp³-hybridized carbons (Fsp3) is 0.250. The molecule has 2 atom stereocenters. The van der Waals surface area contributed by atoms with Crippen molar-refractivity contribution in [1.82, 2.24) is 10.3 Å². The molecular formula is C24H26FN3O2. The summed E-state index contributed by atoms with van der Waals surface area (Å²) in [4.78, 5) is 16.9. The van der Waals surface area contributed by atoms with Gasteiger partial charge in [0.1, 0.15) is 5.82 Å². The number of amides is 1. The Kier molecular flexibility index (Phi) is 7.65. The number of aliphatic hydroxyl groups is 1. The summed E-state index contributed by atoms with van der Waals surface area (Å²) in [6, 6.07) is 18.9. The Hall–Kier alpha value is -3.09. The molecular weight excluding hydrogens is 381 g/mol. The van der Waals surface area contributed by atoms with Crippen molar-refractivity contribution in [3.63, 3.8) is 0 Å². The Bertz CT molecular complexity index is 965. The highest BCUT2D eigenvalue weighted by Crippen LogP contribution is 2.14. The number of nitrogens with zero attached hydrogens (tertiary/aromatic N) is 1. The normalized spacial score (nSPS) is 12.9. The van der Waals surface area contributed by atoms with Crippen LogP contribution >= 0.6 is 0 Å². The molecule has 1 aromatic heterocycles. The molecule has 0 bridgehead atoms. The lowest BCUT2D eigenvalue weighted by Crippen LogP contribution is -2.39. The molecule has 3 rings (SSSR count). The van der Waals surface area contributed by atoms with Crippen LogP contribution in [0.3, 0.4) is 0 Å². The van der Waals surface area contributed by atoms with Crippen LogP contribution in [0, 0.1) is 5.82 Å². The second-order valence-corrected chi connectivity index (χ2v) is 7.22. The lowest BCUT2D eigenvalue weighted by molar-refractivity contribution is 0.0950. The smallest absolute Gasteiger partial charge is 0.253 e. The summed E-state index contributed by atoms with van der Waals surface area (Å²) in [7, 11) is 0. The highest BCUT2D eigenvalue weighted by molar-refractivity contribution is 5.95. The molecule has 30 heavy (non-hydrogen) atoms. The number of nitrogens with two attached hydrogens (primary N) is 1. The van der Waals surface area contributed by atoms with Crippen LogP contribution in [0.25, 0.3) is 0 Å². The number of hydrogen-bond donors (Lipinski definition) is 3. The average molecular weight is 407 g/mol. The number of rotatable bonds is 9. The molecule has 0 fully saturated rings. The van der Waals surface area contributed by atoms with Crippen LogP contribution in [0.2, 0.25) is 0 Å². The van der Waals surface area contributed by atoms with Gasteiger partial charge in [0.15, 0.2) is 0 Å². The maximum absolute atomic E-state index is 13.8. The van der Waals surface area contributed by atoms with Crippen LogP contribution < -0.4 is 11.1 Å². The molecule has 0 saturated carbocycles. The number of hydrogen-bond acceptors (Lipinski definition) is 4. The van der Waals surface area contributed by atoms with Crippen molar-refractivity contribution < 1.29 is 14.3 Å². The van der Waals surface area contributed by atoms with Crippen molar-refractivity contribution in [1.29, 1.82) is 0 Å². The molecule has 5 nitrogen and oxygen atoms in total. The summed E-state index contributed by atoms with van der Waals surface area (Å²) in [6.07, 6.45) is 1.64. The van der Waals surface area contributed by atoms with E-state index in [0.717, 1.165) is 12.0 Å². The van der Waals surface area contributed by atoms with Gasteiger partial charge in [-0.1, -0.05) is 48.5 Å². The number of benzene rings is 2. The maximum Gasteiger partial charge on any atom is 0.253 e. The van der Waals surface area contributed by atoms with Gasteiger partial charge < -0.3 is 16.2 Å². The highest BCUT2D eigenvalue weighted by Gasteiger charge is 2.21. The van der Waals surface area contributed by atoms with Crippen molar-refractivity contribution in [3.05, 3.63) is 101 Å². The Morgan fingerprint density at radius 2 is 1.77 bits per heavy atom. The Morgan fingerprint density at radius 3 is 2.53 bits per heavy atom. The van der Waals surface area contributed by atoms with Crippen molar-refractivity contribution in [2.75, 3.05) is 6.54 Å². The number of carbonyl (C=O) groups is 1. The van der Waals surface area contributed by atoms with Crippen LogP contribution in [0.1, 0.15) is 27.2 Å². The molecule has 3 aromatic rings.